The molecule has 2 rings (SSSR count). The minimum Gasteiger partial charge on any atom is -0.351 e. The molecular weight excluding hydrogens is 226 g/mol. The number of carbonyl (C=O) groups is 1. The fourth-order valence-electron chi connectivity index (χ4n) is 2.24. The molecule has 1 fully saturated rings. The number of nitrogens with two attached hydrogens (primary N) is 1. The second-order valence-corrected chi connectivity index (χ2v) is 4.85. The fraction of sp³-hybridized carbons (Fsp3) is 0.500. The van der Waals surface area contributed by atoms with Crippen LogP contribution in [0.5, 0.6) is 0 Å². The summed E-state index contributed by atoms with van der Waals surface area (Å²) in [4.78, 5) is 12.0. The minimum atomic E-state index is -0.464. The van der Waals surface area contributed by atoms with E-state index in [-0.39, 0.29) is 11.9 Å². The van der Waals surface area contributed by atoms with Gasteiger partial charge in [0.15, 0.2) is 0 Å². The summed E-state index contributed by atoms with van der Waals surface area (Å²) in [6.45, 7) is 1.90. The maximum absolute atomic E-state index is 12.0. The summed E-state index contributed by atoms with van der Waals surface area (Å²) in [6, 6.07) is 9.64. The number of carbonyl (C=O) groups excluding carboxylic acids is 1. The molecule has 0 aromatic heterocycles. The lowest BCUT2D eigenvalue weighted by atomic mass is 10.0. The second kappa shape index (κ2) is 6.52. The van der Waals surface area contributed by atoms with E-state index in [9.17, 15) is 4.79 Å². The summed E-state index contributed by atoms with van der Waals surface area (Å²) < 4.78 is 0. The Morgan fingerprint density at radius 3 is 2.89 bits per heavy atom. The highest BCUT2D eigenvalue weighted by Crippen LogP contribution is 2.04. The second-order valence-electron chi connectivity index (χ2n) is 4.85. The number of hydrogen-bond acceptors (Lipinski definition) is 3. The predicted molar refractivity (Wildman–Crippen MR) is 72.2 cm³/mol. The van der Waals surface area contributed by atoms with Crippen molar-refractivity contribution in [3.05, 3.63) is 35.9 Å². The van der Waals surface area contributed by atoms with Crippen LogP contribution in [0.3, 0.4) is 0 Å². The topological polar surface area (TPSA) is 67.2 Å². The third-order valence-electron chi connectivity index (χ3n) is 3.28. The van der Waals surface area contributed by atoms with Gasteiger partial charge in [-0.3, -0.25) is 4.79 Å². The Balaban J connectivity index is 1.81. The predicted octanol–water partition coefficient (Wildman–Crippen LogP) is 0.425. The first-order valence-corrected chi connectivity index (χ1v) is 6.56. The van der Waals surface area contributed by atoms with Gasteiger partial charge in [-0.05, 0) is 31.4 Å². The highest BCUT2D eigenvalue weighted by atomic mass is 16.2. The van der Waals surface area contributed by atoms with E-state index < -0.39 is 6.04 Å². The van der Waals surface area contributed by atoms with Gasteiger partial charge in [0.25, 0.3) is 0 Å². The van der Waals surface area contributed by atoms with Gasteiger partial charge in [0, 0.05) is 12.6 Å². The van der Waals surface area contributed by atoms with E-state index in [2.05, 4.69) is 10.6 Å². The van der Waals surface area contributed by atoms with Crippen molar-refractivity contribution in [1.82, 2.24) is 10.6 Å². The fourth-order valence-corrected chi connectivity index (χ4v) is 2.24. The zero-order valence-corrected chi connectivity index (χ0v) is 10.6. The molecule has 0 spiro atoms. The van der Waals surface area contributed by atoms with Crippen LogP contribution in [0.4, 0.5) is 0 Å². The molecule has 0 unspecified atom stereocenters. The third kappa shape index (κ3) is 3.82. The standard InChI is InChI=1S/C14H21N3O/c15-13(9-11-5-2-1-3-6-11)14(18)17-12-7-4-8-16-10-12/h1-3,5-6,12-13,16H,4,7-10,15H2,(H,17,18)/t12-,13-/m0/s1. The normalized spacial score (nSPS) is 21.3. The van der Waals surface area contributed by atoms with Crippen LogP contribution in [-0.2, 0) is 11.2 Å². The zero-order valence-electron chi connectivity index (χ0n) is 10.6. The first-order chi connectivity index (χ1) is 8.75. The molecule has 1 aliphatic heterocycles. The molecule has 2 atom stereocenters. The Morgan fingerprint density at radius 2 is 2.22 bits per heavy atom. The number of amides is 1. The molecule has 1 amide bonds. The Hall–Kier alpha value is -1.39. The van der Waals surface area contributed by atoms with E-state index in [1.54, 1.807) is 0 Å². The Labute approximate surface area is 108 Å². The molecule has 0 aliphatic carbocycles. The van der Waals surface area contributed by atoms with Crippen LogP contribution in [0.15, 0.2) is 30.3 Å². The molecule has 18 heavy (non-hydrogen) atoms. The number of rotatable bonds is 4. The number of hydrogen-bond donors (Lipinski definition) is 3. The molecule has 0 saturated carbocycles. The van der Waals surface area contributed by atoms with Crippen LogP contribution < -0.4 is 16.4 Å². The average Bonchev–Trinajstić information content (AvgIpc) is 2.41. The van der Waals surface area contributed by atoms with Crippen LogP contribution in [0.1, 0.15) is 18.4 Å². The lowest BCUT2D eigenvalue weighted by Gasteiger charge is -2.25. The Kier molecular flexibility index (Phi) is 4.73. The summed E-state index contributed by atoms with van der Waals surface area (Å²) in [5, 5.41) is 6.29. The smallest absolute Gasteiger partial charge is 0.237 e. The molecule has 4 N–H and O–H groups in total. The summed E-state index contributed by atoms with van der Waals surface area (Å²) in [5.41, 5.74) is 7.03. The van der Waals surface area contributed by atoms with Gasteiger partial charge in [-0.1, -0.05) is 30.3 Å². The van der Waals surface area contributed by atoms with Crippen LogP contribution >= 0.6 is 0 Å². The van der Waals surface area contributed by atoms with Crippen molar-refractivity contribution in [1.29, 1.82) is 0 Å². The van der Waals surface area contributed by atoms with Gasteiger partial charge in [0.05, 0.1) is 6.04 Å². The molecule has 0 radical (unpaired) electrons. The van der Waals surface area contributed by atoms with Gasteiger partial charge in [-0.25, -0.2) is 0 Å². The van der Waals surface area contributed by atoms with Gasteiger partial charge >= 0.3 is 0 Å². The number of piperidine rings is 1. The maximum atomic E-state index is 12.0. The van der Waals surface area contributed by atoms with Crippen molar-refractivity contribution < 1.29 is 4.79 Å². The van der Waals surface area contributed by atoms with Crippen molar-refractivity contribution >= 4 is 5.91 Å². The molecule has 0 bridgehead atoms. The van der Waals surface area contributed by atoms with E-state index in [0.29, 0.717) is 6.42 Å². The van der Waals surface area contributed by atoms with Crippen molar-refractivity contribution in [2.75, 3.05) is 13.1 Å². The molecular formula is C14H21N3O. The largest absolute Gasteiger partial charge is 0.351 e. The summed E-state index contributed by atoms with van der Waals surface area (Å²) in [6.07, 6.45) is 2.74. The van der Waals surface area contributed by atoms with Crippen LogP contribution in [-0.4, -0.2) is 31.1 Å². The quantitative estimate of drug-likeness (QED) is 0.722. The van der Waals surface area contributed by atoms with E-state index in [0.717, 1.165) is 31.5 Å². The average molecular weight is 247 g/mol. The SMILES string of the molecule is N[C@@H](Cc1ccccc1)C(=O)N[C@H]1CCCNC1. The van der Waals surface area contributed by atoms with E-state index >= 15 is 0 Å². The molecule has 4 heteroatoms. The maximum Gasteiger partial charge on any atom is 0.237 e. The first kappa shape index (κ1) is 13.1. The molecule has 1 aromatic carbocycles. The van der Waals surface area contributed by atoms with Crippen molar-refractivity contribution in [3.8, 4) is 0 Å². The van der Waals surface area contributed by atoms with Crippen molar-refractivity contribution in [3.63, 3.8) is 0 Å². The summed E-state index contributed by atoms with van der Waals surface area (Å²) >= 11 is 0. The first-order valence-electron chi connectivity index (χ1n) is 6.56. The molecule has 98 valence electrons. The van der Waals surface area contributed by atoms with Crippen molar-refractivity contribution in [2.45, 2.75) is 31.3 Å². The minimum absolute atomic E-state index is 0.0486. The van der Waals surface area contributed by atoms with Gasteiger partial charge in [0.1, 0.15) is 0 Å². The van der Waals surface area contributed by atoms with E-state index in [1.807, 2.05) is 30.3 Å². The van der Waals surface area contributed by atoms with Crippen molar-refractivity contribution in [2.24, 2.45) is 5.73 Å². The highest BCUT2D eigenvalue weighted by molar-refractivity contribution is 5.82. The van der Waals surface area contributed by atoms with Gasteiger partial charge < -0.3 is 16.4 Å². The van der Waals surface area contributed by atoms with Crippen LogP contribution in [0, 0.1) is 0 Å². The van der Waals surface area contributed by atoms with Crippen LogP contribution in [0.25, 0.3) is 0 Å². The zero-order chi connectivity index (χ0) is 12.8. The van der Waals surface area contributed by atoms with E-state index in [4.69, 9.17) is 5.73 Å². The van der Waals surface area contributed by atoms with Gasteiger partial charge in [-0.2, -0.15) is 0 Å². The molecule has 1 saturated heterocycles. The monoisotopic (exact) mass is 247 g/mol. The summed E-state index contributed by atoms with van der Waals surface area (Å²) in [5.74, 6) is -0.0486. The van der Waals surface area contributed by atoms with Gasteiger partial charge in [-0.15, -0.1) is 0 Å². The number of benzene rings is 1. The Bertz CT molecular complexity index is 374. The van der Waals surface area contributed by atoms with E-state index in [1.165, 1.54) is 0 Å². The number of nitrogens with one attached hydrogen (secondary N) is 2. The Morgan fingerprint density at radius 1 is 1.44 bits per heavy atom. The highest BCUT2D eigenvalue weighted by Gasteiger charge is 2.19. The molecule has 1 heterocycles. The molecule has 1 aliphatic rings. The van der Waals surface area contributed by atoms with Gasteiger partial charge in [0.2, 0.25) is 5.91 Å². The molecule has 1 aromatic rings. The third-order valence-corrected chi connectivity index (χ3v) is 3.28. The summed E-state index contributed by atoms with van der Waals surface area (Å²) in [7, 11) is 0. The molecule has 4 nitrogen and oxygen atoms in total. The van der Waals surface area contributed by atoms with Crippen LogP contribution in [0.2, 0.25) is 0 Å². The lowest BCUT2D eigenvalue weighted by Crippen LogP contribution is -2.51. The lowest BCUT2D eigenvalue weighted by molar-refractivity contribution is -0.123.